The average Bonchev–Trinajstić information content (AvgIpc) is 3.06. The number of benzene rings is 1. The molecule has 0 bridgehead atoms. The number of carbonyl (C=O) groups excluding carboxylic acids is 2. The predicted molar refractivity (Wildman–Crippen MR) is 92.4 cm³/mol. The molecular formula is C16H12N6O2S. The first-order chi connectivity index (χ1) is 12.1. The quantitative estimate of drug-likeness (QED) is 0.548. The Morgan fingerprint density at radius 1 is 1.08 bits per heavy atom. The van der Waals surface area contributed by atoms with Crippen molar-refractivity contribution in [1.29, 1.82) is 0 Å². The molecule has 124 valence electrons. The van der Waals surface area contributed by atoms with Crippen LogP contribution in [0.15, 0.2) is 53.9 Å². The number of amides is 2. The Hall–Kier alpha value is -3.20. The molecule has 0 atom stereocenters. The van der Waals surface area contributed by atoms with E-state index in [2.05, 4.69) is 15.2 Å². The summed E-state index contributed by atoms with van der Waals surface area (Å²) in [6, 6.07) is 10.1. The van der Waals surface area contributed by atoms with E-state index in [1.807, 2.05) is 0 Å². The van der Waals surface area contributed by atoms with Gasteiger partial charge < -0.3 is 5.73 Å². The molecule has 0 spiro atoms. The molecule has 4 rings (SSSR count). The van der Waals surface area contributed by atoms with Crippen molar-refractivity contribution in [2.45, 2.75) is 5.16 Å². The number of rotatable bonds is 2. The number of thioether (sulfide) groups is 1. The molecule has 1 aliphatic heterocycles. The Labute approximate surface area is 146 Å². The standard InChI is InChI=1S/C16H12N6O2S/c17-12-3-1-10(2-4-12)14-19-20-16-22(14)21(13(23)9-25-16)15(24)11-5-7-18-8-6-11/h1-8H,9,17H2. The third-order valence-corrected chi connectivity index (χ3v) is 4.57. The lowest BCUT2D eigenvalue weighted by molar-refractivity contribution is -0.117. The smallest absolute Gasteiger partial charge is 0.280 e. The normalized spacial score (nSPS) is 13.6. The summed E-state index contributed by atoms with van der Waals surface area (Å²) in [5, 5.41) is 9.81. The second kappa shape index (κ2) is 6.02. The van der Waals surface area contributed by atoms with Gasteiger partial charge in [-0.25, -0.2) is 0 Å². The Kier molecular flexibility index (Phi) is 3.69. The number of nitrogens with zero attached hydrogens (tertiary/aromatic N) is 5. The SMILES string of the molecule is Nc1ccc(-c2nnc3n2N(C(=O)c2ccncc2)C(=O)CS3)cc1. The molecular weight excluding hydrogens is 340 g/mol. The van der Waals surface area contributed by atoms with E-state index in [1.165, 1.54) is 28.8 Å². The second-order valence-electron chi connectivity index (χ2n) is 5.28. The molecule has 0 saturated heterocycles. The van der Waals surface area contributed by atoms with Crippen LogP contribution in [-0.2, 0) is 4.79 Å². The Bertz CT molecular complexity index is 955. The number of aromatic nitrogens is 4. The topological polar surface area (TPSA) is 107 Å². The van der Waals surface area contributed by atoms with Gasteiger partial charge in [0.2, 0.25) is 5.16 Å². The first kappa shape index (κ1) is 15.3. The number of hydrogen-bond acceptors (Lipinski definition) is 7. The molecule has 2 aromatic heterocycles. The highest BCUT2D eigenvalue weighted by Crippen LogP contribution is 2.29. The van der Waals surface area contributed by atoms with E-state index in [-0.39, 0.29) is 11.7 Å². The maximum absolute atomic E-state index is 12.9. The van der Waals surface area contributed by atoms with Crippen LogP contribution >= 0.6 is 11.8 Å². The highest BCUT2D eigenvalue weighted by atomic mass is 32.2. The zero-order chi connectivity index (χ0) is 17.4. The van der Waals surface area contributed by atoms with Crippen LogP contribution in [0.3, 0.4) is 0 Å². The number of pyridine rings is 1. The number of fused-ring (bicyclic) bond motifs is 1. The van der Waals surface area contributed by atoms with Gasteiger partial charge in [0.1, 0.15) is 0 Å². The molecule has 8 nitrogen and oxygen atoms in total. The van der Waals surface area contributed by atoms with Gasteiger partial charge in [-0.05, 0) is 36.4 Å². The van der Waals surface area contributed by atoms with Crippen LogP contribution < -0.4 is 10.7 Å². The van der Waals surface area contributed by atoms with Gasteiger partial charge in [-0.15, -0.1) is 10.2 Å². The summed E-state index contributed by atoms with van der Waals surface area (Å²) < 4.78 is 1.45. The summed E-state index contributed by atoms with van der Waals surface area (Å²) in [4.78, 5) is 29.3. The van der Waals surface area contributed by atoms with Crippen molar-refractivity contribution in [3.63, 3.8) is 0 Å². The molecule has 1 aliphatic rings. The minimum Gasteiger partial charge on any atom is -0.399 e. The van der Waals surface area contributed by atoms with Gasteiger partial charge in [0.15, 0.2) is 5.82 Å². The molecule has 0 radical (unpaired) electrons. The molecule has 0 saturated carbocycles. The molecule has 2 N–H and O–H groups in total. The first-order valence-electron chi connectivity index (χ1n) is 7.37. The van der Waals surface area contributed by atoms with E-state index in [9.17, 15) is 9.59 Å². The fourth-order valence-corrected chi connectivity index (χ4v) is 3.23. The van der Waals surface area contributed by atoms with E-state index in [1.54, 1.807) is 36.4 Å². The zero-order valence-electron chi connectivity index (χ0n) is 12.9. The van der Waals surface area contributed by atoms with Crippen LogP contribution in [0.4, 0.5) is 5.69 Å². The van der Waals surface area contributed by atoms with Crippen LogP contribution in [0, 0.1) is 0 Å². The van der Waals surface area contributed by atoms with Crippen molar-refractivity contribution in [3.05, 3.63) is 54.4 Å². The van der Waals surface area contributed by atoms with Gasteiger partial charge in [-0.2, -0.15) is 9.69 Å². The zero-order valence-corrected chi connectivity index (χ0v) is 13.7. The maximum Gasteiger partial charge on any atom is 0.280 e. The number of nitrogen functional groups attached to an aromatic ring is 1. The number of anilines is 1. The largest absolute Gasteiger partial charge is 0.399 e. The van der Waals surface area contributed by atoms with E-state index < -0.39 is 5.91 Å². The monoisotopic (exact) mass is 352 g/mol. The fourth-order valence-electron chi connectivity index (χ4n) is 2.47. The van der Waals surface area contributed by atoms with E-state index in [4.69, 9.17) is 5.73 Å². The molecule has 0 unspecified atom stereocenters. The van der Waals surface area contributed by atoms with E-state index in [0.717, 1.165) is 5.01 Å². The second-order valence-corrected chi connectivity index (χ2v) is 6.22. The summed E-state index contributed by atoms with van der Waals surface area (Å²) >= 11 is 1.24. The van der Waals surface area contributed by atoms with Gasteiger partial charge in [0, 0.05) is 29.2 Å². The third-order valence-electron chi connectivity index (χ3n) is 3.66. The molecule has 2 amide bonds. The number of nitrogens with two attached hydrogens (primary N) is 1. The lowest BCUT2D eigenvalue weighted by atomic mass is 10.2. The maximum atomic E-state index is 12.9. The molecule has 0 aliphatic carbocycles. The minimum atomic E-state index is -0.453. The van der Waals surface area contributed by atoms with Crippen LogP contribution in [0.2, 0.25) is 0 Å². The van der Waals surface area contributed by atoms with Crippen LogP contribution in [0.25, 0.3) is 11.4 Å². The number of carbonyl (C=O) groups is 2. The average molecular weight is 352 g/mol. The molecule has 3 heterocycles. The van der Waals surface area contributed by atoms with Gasteiger partial charge in [-0.1, -0.05) is 11.8 Å². The van der Waals surface area contributed by atoms with Crippen molar-refractivity contribution in [1.82, 2.24) is 19.9 Å². The summed E-state index contributed by atoms with van der Waals surface area (Å²) in [6.45, 7) is 0. The van der Waals surface area contributed by atoms with E-state index >= 15 is 0 Å². The van der Waals surface area contributed by atoms with Gasteiger partial charge >= 0.3 is 0 Å². The lowest BCUT2D eigenvalue weighted by Crippen LogP contribution is -2.49. The summed E-state index contributed by atoms with van der Waals surface area (Å²) in [5.41, 5.74) is 7.39. The van der Waals surface area contributed by atoms with Gasteiger partial charge in [0.05, 0.1) is 5.75 Å². The van der Waals surface area contributed by atoms with E-state index in [0.29, 0.717) is 27.8 Å². The Morgan fingerprint density at radius 3 is 2.52 bits per heavy atom. The summed E-state index contributed by atoms with van der Waals surface area (Å²) in [6.07, 6.45) is 3.01. The lowest BCUT2D eigenvalue weighted by Gasteiger charge is -2.27. The van der Waals surface area contributed by atoms with Crippen molar-refractivity contribution < 1.29 is 9.59 Å². The van der Waals surface area contributed by atoms with Crippen LogP contribution in [0.1, 0.15) is 10.4 Å². The van der Waals surface area contributed by atoms with Gasteiger partial charge in [-0.3, -0.25) is 14.6 Å². The van der Waals surface area contributed by atoms with Gasteiger partial charge in [0.25, 0.3) is 11.8 Å². The van der Waals surface area contributed by atoms with Crippen molar-refractivity contribution in [2.24, 2.45) is 0 Å². The molecule has 3 aromatic rings. The van der Waals surface area contributed by atoms with Crippen molar-refractivity contribution in [2.75, 3.05) is 16.5 Å². The fraction of sp³-hybridized carbons (Fsp3) is 0.0625. The molecule has 0 fully saturated rings. The molecule has 25 heavy (non-hydrogen) atoms. The minimum absolute atomic E-state index is 0.122. The first-order valence-corrected chi connectivity index (χ1v) is 8.35. The highest BCUT2D eigenvalue weighted by molar-refractivity contribution is 7.99. The molecule has 9 heteroatoms. The number of hydrogen-bond donors (Lipinski definition) is 1. The summed E-state index contributed by atoms with van der Waals surface area (Å²) in [7, 11) is 0. The Balaban J connectivity index is 1.83. The van der Waals surface area contributed by atoms with Crippen molar-refractivity contribution >= 4 is 29.3 Å². The Morgan fingerprint density at radius 2 is 1.80 bits per heavy atom. The predicted octanol–water partition coefficient (Wildman–Crippen LogP) is 1.33. The third kappa shape index (κ3) is 2.64. The van der Waals surface area contributed by atoms with Crippen molar-refractivity contribution in [3.8, 4) is 11.4 Å². The summed E-state index contributed by atoms with van der Waals surface area (Å²) in [5.74, 6) is -0.268. The van der Waals surface area contributed by atoms with Crippen LogP contribution in [-0.4, -0.2) is 37.4 Å². The van der Waals surface area contributed by atoms with Crippen LogP contribution in [0.5, 0.6) is 0 Å². The molecule has 1 aromatic carbocycles. The highest BCUT2D eigenvalue weighted by Gasteiger charge is 2.34. The number of imide groups is 1.